The molecule has 1 aliphatic rings. The second-order valence-electron chi connectivity index (χ2n) is 5.89. The van der Waals surface area contributed by atoms with Gasteiger partial charge in [-0.05, 0) is 29.6 Å². The highest BCUT2D eigenvalue weighted by molar-refractivity contribution is 7.89. The van der Waals surface area contributed by atoms with Gasteiger partial charge in [-0.3, -0.25) is 0 Å². The molecule has 0 aliphatic carbocycles. The number of phenols is 1. The smallest absolute Gasteiger partial charge is 0.279 e. The van der Waals surface area contributed by atoms with E-state index in [1.807, 2.05) is 17.5 Å². The van der Waals surface area contributed by atoms with E-state index in [2.05, 4.69) is 5.10 Å². The van der Waals surface area contributed by atoms with E-state index in [1.165, 1.54) is 11.3 Å². The summed E-state index contributed by atoms with van der Waals surface area (Å²) in [4.78, 5) is 1.10. The van der Waals surface area contributed by atoms with Gasteiger partial charge in [0, 0.05) is 12.0 Å². The molecule has 1 aromatic heterocycles. The lowest BCUT2D eigenvalue weighted by Crippen LogP contribution is -2.27. The SMILES string of the molecule is O=S(=O)(c1ccccc1)N1N=C(c2cccs2)C[C@@H]1c1ccccc1O. The van der Waals surface area contributed by atoms with Crippen LogP contribution in [0.4, 0.5) is 0 Å². The van der Waals surface area contributed by atoms with Crippen LogP contribution in [-0.4, -0.2) is 23.7 Å². The number of benzene rings is 2. The lowest BCUT2D eigenvalue weighted by molar-refractivity contribution is 0.358. The van der Waals surface area contributed by atoms with Crippen molar-refractivity contribution in [3.05, 3.63) is 82.6 Å². The summed E-state index contributed by atoms with van der Waals surface area (Å²) in [5, 5.41) is 16.6. The van der Waals surface area contributed by atoms with Gasteiger partial charge in [0.15, 0.2) is 0 Å². The van der Waals surface area contributed by atoms with Gasteiger partial charge in [0.2, 0.25) is 0 Å². The first kappa shape index (κ1) is 16.8. The van der Waals surface area contributed by atoms with Gasteiger partial charge in [0.25, 0.3) is 10.0 Å². The topological polar surface area (TPSA) is 70.0 Å². The molecular formula is C19H16N2O3S2. The van der Waals surface area contributed by atoms with Crippen LogP contribution in [0, 0.1) is 0 Å². The van der Waals surface area contributed by atoms with Crippen molar-refractivity contribution in [3.8, 4) is 5.75 Å². The van der Waals surface area contributed by atoms with Gasteiger partial charge in [-0.1, -0.05) is 42.5 Å². The summed E-state index contributed by atoms with van der Waals surface area (Å²) in [6.07, 6.45) is 0.407. The summed E-state index contributed by atoms with van der Waals surface area (Å²) < 4.78 is 27.5. The molecule has 7 heteroatoms. The molecule has 0 saturated heterocycles. The predicted octanol–water partition coefficient (Wildman–Crippen LogP) is 3.99. The van der Waals surface area contributed by atoms with Crippen molar-refractivity contribution in [1.29, 1.82) is 0 Å². The summed E-state index contributed by atoms with van der Waals surface area (Å²) in [5.41, 5.74) is 1.25. The third-order valence-electron chi connectivity index (χ3n) is 4.26. The van der Waals surface area contributed by atoms with Crippen LogP contribution in [0.2, 0.25) is 0 Å². The van der Waals surface area contributed by atoms with Crippen LogP contribution in [0.3, 0.4) is 0 Å². The van der Waals surface area contributed by atoms with Gasteiger partial charge < -0.3 is 5.11 Å². The van der Waals surface area contributed by atoms with Gasteiger partial charge in [-0.15, -0.1) is 11.3 Å². The van der Waals surface area contributed by atoms with Gasteiger partial charge in [0.05, 0.1) is 21.5 Å². The molecule has 0 saturated carbocycles. The lowest BCUT2D eigenvalue weighted by Gasteiger charge is -2.24. The van der Waals surface area contributed by atoms with Crippen LogP contribution in [-0.2, 0) is 10.0 Å². The molecule has 3 aromatic rings. The van der Waals surface area contributed by atoms with Crippen molar-refractivity contribution in [3.63, 3.8) is 0 Å². The molecule has 0 radical (unpaired) electrons. The van der Waals surface area contributed by atoms with E-state index in [4.69, 9.17) is 0 Å². The van der Waals surface area contributed by atoms with Crippen LogP contribution in [0.15, 0.2) is 82.1 Å². The van der Waals surface area contributed by atoms with E-state index in [9.17, 15) is 13.5 Å². The zero-order valence-corrected chi connectivity index (χ0v) is 15.3. The molecule has 0 spiro atoms. The summed E-state index contributed by atoms with van der Waals surface area (Å²) in [5.74, 6) is 0.0633. The van der Waals surface area contributed by atoms with Crippen molar-refractivity contribution in [1.82, 2.24) is 4.41 Å². The van der Waals surface area contributed by atoms with E-state index in [0.29, 0.717) is 17.7 Å². The number of hydrazone groups is 1. The zero-order chi connectivity index (χ0) is 18.1. The highest BCUT2D eigenvalue weighted by atomic mass is 32.2. The molecule has 0 unspecified atom stereocenters. The van der Waals surface area contributed by atoms with Crippen LogP contribution in [0.5, 0.6) is 5.75 Å². The fourth-order valence-corrected chi connectivity index (χ4v) is 5.17. The van der Waals surface area contributed by atoms with Crippen LogP contribution in [0.25, 0.3) is 0 Å². The second kappa shape index (κ2) is 6.59. The third kappa shape index (κ3) is 2.89. The van der Waals surface area contributed by atoms with Crippen LogP contribution >= 0.6 is 11.3 Å². The molecule has 2 heterocycles. The summed E-state index contributed by atoms with van der Waals surface area (Å²) >= 11 is 1.52. The molecule has 0 bridgehead atoms. The quantitative estimate of drug-likeness (QED) is 0.739. The van der Waals surface area contributed by atoms with Gasteiger partial charge in [0.1, 0.15) is 5.75 Å². The van der Waals surface area contributed by atoms with Gasteiger partial charge in [-0.2, -0.15) is 17.9 Å². The van der Waals surface area contributed by atoms with E-state index in [1.54, 1.807) is 54.6 Å². The fourth-order valence-electron chi connectivity index (χ4n) is 3.00. The molecular weight excluding hydrogens is 368 g/mol. The lowest BCUT2D eigenvalue weighted by atomic mass is 10.0. The van der Waals surface area contributed by atoms with Crippen LogP contribution < -0.4 is 0 Å². The Hall–Kier alpha value is -2.64. The maximum Gasteiger partial charge on any atom is 0.279 e. The zero-order valence-electron chi connectivity index (χ0n) is 13.7. The normalized spacial score (nSPS) is 17.3. The Kier molecular flexibility index (Phi) is 4.26. The Labute approximate surface area is 155 Å². The predicted molar refractivity (Wildman–Crippen MR) is 102 cm³/mol. The van der Waals surface area contributed by atoms with Crippen molar-refractivity contribution in [2.24, 2.45) is 5.10 Å². The Morgan fingerprint density at radius 2 is 1.73 bits per heavy atom. The van der Waals surface area contributed by atoms with E-state index in [0.717, 1.165) is 9.29 Å². The Bertz CT molecular complexity index is 1050. The van der Waals surface area contributed by atoms with Crippen LogP contribution in [0.1, 0.15) is 22.9 Å². The van der Waals surface area contributed by atoms with E-state index in [-0.39, 0.29) is 10.6 Å². The highest BCUT2D eigenvalue weighted by Crippen LogP contribution is 2.40. The maximum atomic E-state index is 13.2. The minimum atomic E-state index is -3.84. The Morgan fingerprint density at radius 1 is 1.00 bits per heavy atom. The number of para-hydroxylation sites is 1. The first-order chi connectivity index (χ1) is 12.6. The number of aromatic hydroxyl groups is 1. The van der Waals surface area contributed by atoms with Crippen molar-refractivity contribution in [2.45, 2.75) is 17.4 Å². The average Bonchev–Trinajstić information content (AvgIpc) is 3.33. The summed E-state index contributed by atoms with van der Waals surface area (Å²) in [7, 11) is -3.84. The molecule has 4 rings (SSSR count). The monoisotopic (exact) mass is 384 g/mol. The van der Waals surface area contributed by atoms with Crippen molar-refractivity contribution < 1.29 is 13.5 Å². The minimum Gasteiger partial charge on any atom is -0.508 e. The molecule has 5 nitrogen and oxygen atoms in total. The molecule has 1 N–H and O–H groups in total. The molecule has 0 amide bonds. The summed E-state index contributed by atoms with van der Waals surface area (Å²) in [6.45, 7) is 0. The number of hydrogen-bond donors (Lipinski definition) is 1. The maximum absolute atomic E-state index is 13.2. The highest BCUT2D eigenvalue weighted by Gasteiger charge is 2.38. The Balaban J connectivity index is 1.83. The van der Waals surface area contributed by atoms with E-state index < -0.39 is 16.1 Å². The van der Waals surface area contributed by atoms with Crippen molar-refractivity contribution >= 4 is 27.1 Å². The largest absolute Gasteiger partial charge is 0.508 e. The number of rotatable bonds is 4. The van der Waals surface area contributed by atoms with E-state index >= 15 is 0 Å². The number of sulfonamides is 1. The second-order valence-corrected chi connectivity index (χ2v) is 8.64. The first-order valence-electron chi connectivity index (χ1n) is 8.06. The minimum absolute atomic E-state index is 0.0633. The number of phenolic OH excluding ortho intramolecular Hbond substituents is 1. The van der Waals surface area contributed by atoms with Gasteiger partial charge in [-0.25, -0.2) is 0 Å². The standard InChI is InChI=1S/C19H16N2O3S2/c22-18-10-5-4-9-15(18)17-13-16(19-11-6-12-25-19)20-21(17)26(23,24)14-7-2-1-3-8-14/h1-12,17,22H,13H2/t17-/m1/s1. The molecule has 0 fully saturated rings. The van der Waals surface area contributed by atoms with Crippen molar-refractivity contribution in [2.75, 3.05) is 0 Å². The third-order valence-corrected chi connectivity index (χ3v) is 6.88. The molecule has 2 aromatic carbocycles. The number of nitrogens with zero attached hydrogens (tertiary/aromatic N) is 2. The molecule has 1 aliphatic heterocycles. The molecule has 26 heavy (non-hydrogen) atoms. The first-order valence-corrected chi connectivity index (χ1v) is 10.4. The average molecular weight is 384 g/mol. The molecule has 1 atom stereocenters. The van der Waals surface area contributed by atoms with Gasteiger partial charge >= 0.3 is 0 Å². The number of hydrogen-bond acceptors (Lipinski definition) is 5. The Morgan fingerprint density at radius 3 is 2.42 bits per heavy atom. The fraction of sp³-hybridized carbons (Fsp3) is 0.105. The summed E-state index contributed by atoms with van der Waals surface area (Å²) in [6, 6.07) is 18.3. The molecule has 132 valence electrons. The number of thiophene rings is 1.